The molecule has 1 aliphatic carbocycles. The van der Waals surface area contributed by atoms with Crippen LogP contribution in [0.2, 0.25) is 0 Å². The minimum absolute atomic E-state index is 0.106. The molecule has 0 heterocycles. The van der Waals surface area contributed by atoms with E-state index in [-0.39, 0.29) is 22.1 Å². The van der Waals surface area contributed by atoms with Crippen molar-refractivity contribution in [3.8, 4) is 5.75 Å². The molecule has 1 N–H and O–H groups in total. The molecule has 3 aromatic carbocycles. The minimum Gasteiger partial charge on any atom is -0.497 e. The average Bonchev–Trinajstić information content (AvgIpc) is 2.82. The third kappa shape index (κ3) is 4.33. The van der Waals surface area contributed by atoms with E-state index in [0.717, 1.165) is 12.0 Å². The van der Waals surface area contributed by atoms with Gasteiger partial charge < -0.3 is 10.1 Å². The Morgan fingerprint density at radius 2 is 1.56 bits per heavy atom. The lowest BCUT2D eigenvalue weighted by Gasteiger charge is -2.19. The van der Waals surface area contributed by atoms with E-state index in [1.165, 1.54) is 6.08 Å². The first-order chi connectivity index (χ1) is 15.4. The largest absolute Gasteiger partial charge is 0.497 e. The first-order valence-corrected chi connectivity index (χ1v) is 11.6. The van der Waals surface area contributed by atoms with E-state index >= 15 is 0 Å². The molecule has 32 heavy (non-hydrogen) atoms. The van der Waals surface area contributed by atoms with Crippen LogP contribution in [0.1, 0.15) is 28.4 Å². The summed E-state index contributed by atoms with van der Waals surface area (Å²) in [7, 11) is -2.39. The molecule has 6 nitrogen and oxygen atoms in total. The molecule has 162 valence electrons. The number of benzene rings is 3. The smallest absolute Gasteiger partial charge is 0.282 e. The highest BCUT2D eigenvalue weighted by molar-refractivity contribution is 7.90. The molecule has 1 aliphatic rings. The normalized spacial score (nSPS) is 14.6. The number of rotatable bonds is 6. The molecule has 4 rings (SSSR count). The van der Waals surface area contributed by atoms with E-state index in [1.807, 2.05) is 6.92 Å². The summed E-state index contributed by atoms with van der Waals surface area (Å²) in [6.07, 6.45) is 2.29. The molecule has 0 radical (unpaired) electrons. The van der Waals surface area contributed by atoms with Crippen molar-refractivity contribution in [2.45, 2.75) is 18.2 Å². The molecule has 0 spiro atoms. The summed E-state index contributed by atoms with van der Waals surface area (Å²) in [4.78, 5) is 13.1. The number of sulfonamides is 1. The predicted molar refractivity (Wildman–Crippen MR) is 125 cm³/mol. The fourth-order valence-electron chi connectivity index (χ4n) is 3.41. The van der Waals surface area contributed by atoms with E-state index in [9.17, 15) is 13.2 Å². The van der Waals surface area contributed by atoms with Crippen molar-refractivity contribution in [3.05, 3.63) is 101 Å². The van der Waals surface area contributed by atoms with Gasteiger partial charge in [-0.05, 0) is 54.5 Å². The maximum Gasteiger partial charge on any atom is 0.282 e. The maximum absolute atomic E-state index is 13.0. The number of hydrogen-bond donors (Lipinski definition) is 1. The number of ketones is 1. The highest BCUT2D eigenvalue weighted by Gasteiger charge is 2.26. The second-order valence-corrected chi connectivity index (χ2v) is 8.84. The molecular weight excluding hydrogens is 424 g/mol. The molecule has 0 atom stereocenters. The van der Waals surface area contributed by atoms with Gasteiger partial charge in [0.15, 0.2) is 0 Å². The molecule has 0 unspecified atom stereocenters. The van der Waals surface area contributed by atoms with Crippen LogP contribution in [0.25, 0.3) is 0 Å². The van der Waals surface area contributed by atoms with Gasteiger partial charge in [0.25, 0.3) is 10.0 Å². The Hall–Kier alpha value is -3.71. The van der Waals surface area contributed by atoms with Crippen molar-refractivity contribution in [1.82, 2.24) is 0 Å². The number of aryl methyl sites for hydroxylation is 1. The molecule has 0 fully saturated rings. The van der Waals surface area contributed by atoms with Crippen LogP contribution in [0, 0.1) is 0 Å². The summed E-state index contributed by atoms with van der Waals surface area (Å²) in [6, 6.07) is 20.6. The third-order valence-electron chi connectivity index (χ3n) is 5.19. The monoisotopic (exact) mass is 446 g/mol. The van der Waals surface area contributed by atoms with Crippen molar-refractivity contribution in [2.24, 2.45) is 4.40 Å². The van der Waals surface area contributed by atoms with Gasteiger partial charge in [0.2, 0.25) is 5.78 Å². The van der Waals surface area contributed by atoms with E-state index in [4.69, 9.17) is 4.74 Å². The van der Waals surface area contributed by atoms with Crippen LogP contribution in [0.3, 0.4) is 0 Å². The van der Waals surface area contributed by atoms with Crippen molar-refractivity contribution < 1.29 is 17.9 Å². The SMILES string of the molecule is CCc1ccc(S(=O)(=O)/N=C2/C=C(Nc3ccc(OC)cc3)C(=O)c3ccccc32)cc1. The zero-order chi connectivity index (χ0) is 22.7. The first-order valence-electron chi connectivity index (χ1n) is 10.1. The summed E-state index contributed by atoms with van der Waals surface area (Å²) in [5, 5.41) is 3.07. The fourth-order valence-corrected chi connectivity index (χ4v) is 4.40. The van der Waals surface area contributed by atoms with Crippen LogP contribution in [-0.2, 0) is 16.4 Å². The van der Waals surface area contributed by atoms with Crippen LogP contribution >= 0.6 is 0 Å². The summed E-state index contributed by atoms with van der Waals surface area (Å²) >= 11 is 0. The van der Waals surface area contributed by atoms with Crippen LogP contribution in [-0.4, -0.2) is 27.0 Å². The third-order valence-corrected chi connectivity index (χ3v) is 6.50. The van der Waals surface area contributed by atoms with Crippen molar-refractivity contribution >= 4 is 27.2 Å². The Labute approximate surface area is 187 Å². The van der Waals surface area contributed by atoms with Gasteiger partial charge in [-0.2, -0.15) is 12.8 Å². The maximum atomic E-state index is 13.0. The average molecular weight is 447 g/mol. The Morgan fingerprint density at radius 1 is 0.906 bits per heavy atom. The fraction of sp³-hybridized carbons (Fsp3) is 0.120. The summed E-state index contributed by atoms with van der Waals surface area (Å²) in [5.41, 5.74) is 3.02. The number of nitrogens with one attached hydrogen (secondary N) is 1. The van der Waals surface area contributed by atoms with Gasteiger partial charge in [0, 0.05) is 16.8 Å². The molecule has 0 aromatic heterocycles. The number of carbonyl (C=O) groups excluding carboxylic acids is 1. The molecule has 0 aliphatic heterocycles. The van der Waals surface area contributed by atoms with E-state index < -0.39 is 10.0 Å². The molecule has 0 saturated heterocycles. The number of allylic oxidation sites excluding steroid dienone is 2. The summed E-state index contributed by atoms with van der Waals surface area (Å²) < 4.78 is 35.2. The van der Waals surface area contributed by atoms with E-state index in [1.54, 1.807) is 79.9 Å². The number of hydrogen-bond acceptors (Lipinski definition) is 5. The summed E-state index contributed by atoms with van der Waals surface area (Å²) in [5.74, 6) is 0.451. The van der Waals surface area contributed by atoms with Crippen molar-refractivity contribution in [2.75, 3.05) is 12.4 Å². The molecular formula is C25H22N2O4S. The van der Waals surface area contributed by atoms with E-state index in [0.29, 0.717) is 22.6 Å². The zero-order valence-electron chi connectivity index (χ0n) is 17.7. The highest BCUT2D eigenvalue weighted by atomic mass is 32.2. The van der Waals surface area contributed by atoms with Gasteiger partial charge in [-0.1, -0.05) is 43.3 Å². The van der Waals surface area contributed by atoms with Crippen LogP contribution in [0.15, 0.2) is 93.9 Å². The molecule has 7 heteroatoms. The number of nitrogens with zero attached hydrogens (tertiary/aromatic N) is 1. The number of carbonyl (C=O) groups is 1. The van der Waals surface area contributed by atoms with Gasteiger partial charge in [-0.3, -0.25) is 4.79 Å². The van der Waals surface area contributed by atoms with Gasteiger partial charge >= 0.3 is 0 Å². The lowest BCUT2D eigenvalue weighted by molar-refractivity contribution is 0.103. The standard InChI is InChI=1S/C25H22N2O4S/c1-3-17-8-14-20(15-9-17)32(29,30)27-23-16-24(25(28)22-7-5-4-6-21(22)23)26-18-10-12-19(31-2)13-11-18/h4-16,26H,3H2,1-2H3/b27-23-. The number of ether oxygens (including phenoxy) is 1. The predicted octanol–water partition coefficient (Wildman–Crippen LogP) is 4.63. The number of methoxy groups -OCH3 is 1. The second-order valence-electron chi connectivity index (χ2n) is 7.24. The lowest BCUT2D eigenvalue weighted by Crippen LogP contribution is -2.22. The first kappa shape index (κ1) is 21.5. The zero-order valence-corrected chi connectivity index (χ0v) is 18.5. The molecule has 0 bridgehead atoms. The van der Waals surface area contributed by atoms with Crippen molar-refractivity contribution in [1.29, 1.82) is 0 Å². The topological polar surface area (TPSA) is 84.8 Å². The number of fused-ring (bicyclic) bond motifs is 1. The minimum atomic E-state index is -3.96. The van der Waals surface area contributed by atoms with Crippen molar-refractivity contribution in [3.63, 3.8) is 0 Å². The van der Waals surface area contributed by atoms with Gasteiger partial charge in [0.1, 0.15) is 5.75 Å². The quantitative estimate of drug-likeness (QED) is 0.597. The van der Waals surface area contributed by atoms with Gasteiger partial charge in [-0.15, -0.1) is 0 Å². The van der Waals surface area contributed by atoms with E-state index in [2.05, 4.69) is 9.71 Å². The lowest BCUT2D eigenvalue weighted by atomic mass is 9.92. The number of anilines is 1. The van der Waals surface area contributed by atoms with Crippen LogP contribution < -0.4 is 10.1 Å². The Morgan fingerprint density at radius 3 is 2.19 bits per heavy atom. The van der Waals surface area contributed by atoms with Crippen LogP contribution in [0.5, 0.6) is 5.75 Å². The molecule has 3 aromatic rings. The summed E-state index contributed by atoms with van der Waals surface area (Å²) in [6.45, 7) is 2.00. The molecule has 0 amide bonds. The molecule has 0 saturated carbocycles. The Balaban J connectivity index is 1.76. The number of Topliss-reactive ketones (excluding diaryl/α,β-unsaturated/α-hetero) is 1. The highest BCUT2D eigenvalue weighted by Crippen LogP contribution is 2.26. The van der Waals surface area contributed by atoms with Crippen LogP contribution in [0.4, 0.5) is 5.69 Å². The van der Waals surface area contributed by atoms with Gasteiger partial charge in [0.05, 0.1) is 23.4 Å². The Bertz CT molecular complexity index is 1320. The Kier molecular flexibility index (Phi) is 5.92. The second kappa shape index (κ2) is 8.80. The van der Waals surface area contributed by atoms with Gasteiger partial charge in [-0.25, -0.2) is 0 Å².